The Balaban J connectivity index is 1.57. The van der Waals surface area contributed by atoms with E-state index in [9.17, 15) is 4.79 Å². The first-order valence-electron chi connectivity index (χ1n) is 11.3. The van der Waals surface area contributed by atoms with Crippen molar-refractivity contribution in [3.05, 3.63) is 102 Å². The van der Waals surface area contributed by atoms with Crippen LogP contribution >= 0.6 is 0 Å². The summed E-state index contributed by atoms with van der Waals surface area (Å²) in [6, 6.07) is 27.0. The van der Waals surface area contributed by atoms with Crippen LogP contribution in [0.2, 0.25) is 0 Å². The van der Waals surface area contributed by atoms with Gasteiger partial charge in [0.1, 0.15) is 5.60 Å². The lowest BCUT2D eigenvalue weighted by Crippen LogP contribution is -2.47. The van der Waals surface area contributed by atoms with Gasteiger partial charge in [0.15, 0.2) is 0 Å². The van der Waals surface area contributed by atoms with E-state index < -0.39 is 5.60 Å². The van der Waals surface area contributed by atoms with Gasteiger partial charge in [-0.05, 0) is 42.2 Å². The molecule has 1 saturated heterocycles. The molecule has 160 valence electrons. The van der Waals surface area contributed by atoms with Gasteiger partial charge in [-0.25, -0.2) is 0 Å². The molecule has 0 aliphatic carbocycles. The molecule has 3 aromatic carbocycles. The number of ether oxygens (including phenoxy) is 1. The van der Waals surface area contributed by atoms with Crippen LogP contribution in [-0.2, 0) is 21.7 Å². The molecule has 0 radical (unpaired) electrons. The third-order valence-corrected chi connectivity index (χ3v) is 7.22. The van der Waals surface area contributed by atoms with Gasteiger partial charge in [-0.1, -0.05) is 66.7 Å². The summed E-state index contributed by atoms with van der Waals surface area (Å²) in [6.45, 7) is 1.52. The van der Waals surface area contributed by atoms with Gasteiger partial charge in [-0.15, -0.1) is 0 Å². The quantitative estimate of drug-likeness (QED) is 0.584. The average Bonchev–Trinajstić information content (AvgIpc) is 3.40. The van der Waals surface area contributed by atoms with Gasteiger partial charge < -0.3 is 14.5 Å². The molecule has 3 aliphatic rings. The van der Waals surface area contributed by atoms with E-state index in [0.717, 1.165) is 53.0 Å². The van der Waals surface area contributed by atoms with Crippen LogP contribution in [0.3, 0.4) is 0 Å². The highest BCUT2D eigenvalue weighted by atomic mass is 16.5. The van der Waals surface area contributed by atoms with Crippen molar-refractivity contribution in [3.8, 4) is 0 Å². The highest BCUT2D eigenvalue weighted by molar-refractivity contribution is 6.34. The lowest BCUT2D eigenvalue weighted by atomic mass is 9.83. The monoisotopic (exact) mass is 422 g/mol. The number of amides is 1. The topological polar surface area (TPSA) is 32.8 Å². The summed E-state index contributed by atoms with van der Waals surface area (Å²) in [5, 5.41) is 0. The smallest absolute Gasteiger partial charge is 0.259 e. The van der Waals surface area contributed by atoms with Crippen LogP contribution in [0.25, 0.3) is 5.57 Å². The van der Waals surface area contributed by atoms with Crippen LogP contribution in [0.5, 0.6) is 0 Å². The van der Waals surface area contributed by atoms with Crippen molar-refractivity contribution in [2.45, 2.75) is 31.0 Å². The largest absolute Gasteiger partial charge is 0.367 e. The van der Waals surface area contributed by atoms with Gasteiger partial charge >= 0.3 is 0 Å². The number of nitrogens with zero attached hydrogens (tertiary/aromatic N) is 2. The molecule has 1 fully saturated rings. The maximum Gasteiger partial charge on any atom is 0.259 e. The van der Waals surface area contributed by atoms with Gasteiger partial charge in [0, 0.05) is 24.9 Å². The molecule has 3 heterocycles. The fraction of sp³-hybridized carbons (Fsp3) is 0.250. The van der Waals surface area contributed by atoms with E-state index in [1.165, 1.54) is 0 Å². The van der Waals surface area contributed by atoms with E-state index in [1.54, 1.807) is 7.11 Å². The van der Waals surface area contributed by atoms with Crippen LogP contribution in [0.15, 0.2) is 84.9 Å². The molecule has 0 bridgehead atoms. The van der Waals surface area contributed by atoms with E-state index in [-0.39, 0.29) is 11.9 Å². The normalized spacial score (nSPS) is 23.6. The molecule has 3 aromatic rings. The van der Waals surface area contributed by atoms with E-state index in [4.69, 9.17) is 4.74 Å². The molecule has 1 unspecified atom stereocenters. The molecule has 4 nitrogen and oxygen atoms in total. The first-order valence-corrected chi connectivity index (χ1v) is 11.3. The average molecular weight is 423 g/mol. The standard InChI is InChI=1S/C28H26N2O2/c1-32-28(21-12-6-3-7-13-21)18-22-26-23(29-17-9-16-25(28)29)14-8-15-24(26)30(27(22)31)19-20-10-4-2-5-11-20/h2-8,10-15,18,25H,9,16-17,19H2,1H3/t25?,28-/m0/s1. The Bertz CT molecular complexity index is 1200. The molecule has 0 aromatic heterocycles. The molecule has 2 atom stereocenters. The van der Waals surface area contributed by atoms with E-state index in [1.807, 2.05) is 29.2 Å². The number of carbonyl (C=O) groups excluding carboxylic acids is 1. The third kappa shape index (κ3) is 2.69. The minimum absolute atomic E-state index is 0.0508. The Labute approximate surface area is 188 Å². The third-order valence-electron chi connectivity index (χ3n) is 7.22. The zero-order chi connectivity index (χ0) is 21.7. The second-order valence-corrected chi connectivity index (χ2v) is 8.82. The SMILES string of the molecule is CO[C@]1(c2ccccc2)C=C2C(=O)N(Cc3ccccc3)c3cccc(c32)N2CCCC21. The van der Waals surface area contributed by atoms with Crippen LogP contribution in [0.1, 0.15) is 29.5 Å². The van der Waals surface area contributed by atoms with Crippen molar-refractivity contribution < 1.29 is 9.53 Å². The minimum Gasteiger partial charge on any atom is -0.367 e. The Hall–Kier alpha value is -3.37. The first kappa shape index (κ1) is 19.3. The van der Waals surface area contributed by atoms with Gasteiger partial charge in [-0.3, -0.25) is 4.79 Å². The van der Waals surface area contributed by atoms with Crippen LogP contribution in [-0.4, -0.2) is 25.6 Å². The predicted octanol–water partition coefficient (Wildman–Crippen LogP) is 5.14. The Morgan fingerprint density at radius 1 is 0.938 bits per heavy atom. The second kappa shape index (κ2) is 7.35. The number of carbonyl (C=O) groups is 1. The molecular formula is C28H26N2O2. The van der Waals surface area contributed by atoms with Crippen molar-refractivity contribution in [1.82, 2.24) is 0 Å². The Morgan fingerprint density at radius 3 is 2.41 bits per heavy atom. The van der Waals surface area contributed by atoms with Crippen LogP contribution < -0.4 is 9.80 Å². The number of rotatable bonds is 4. The highest BCUT2D eigenvalue weighted by Gasteiger charge is 2.50. The van der Waals surface area contributed by atoms with Crippen LogP contribution in [0, 0.1) is 0 Å². The fourth-order valence-electron chi connectivity index (χ4n) is 5.79. The maximum absolute atomic E-state index is 13.9. The van der Waals surface area contributed by atoms with Gasteiger partial charge in [0.05, 0.1) is 23.8 Å². The lowest BCUT2D eigenvalue weighted by molar-refractivity contribution is -0.113. The molecule has 4 heteroatoms. The predicted molar refractivity (Wildman–Crippen MR) is 128 cm³/mol. The summed E-state index contributed by atoms with van der Waals surface area (Å²) < 4.78 is 6.36. The van der Waals surface area contributed by atoms with E-state index >= 15 is 0 Å². The molecule has 3 aliphatic heterocycles. The number of fused-ring (bicyclic) bond motifs is 2. The zero-order valence-corrected chi connectivity index (χ0v) is 18.2. The summed E-state index contributed by atoms with van der Waals surface area (Å²) in [6.07, 6.45) is 4.25. The van der Waals surface area contributed by atoms with E-state index in [0.29, 0.717) is 6.54 Å². The summed E-state index contributed by atoms with van der Waals surface area (Å²) in [5.74, 6) is 0.0508. The van der Waals surface area contributed by atoms with Crippen molar-refractivity contribution in [2.75, 3.05) is 23.5 Å². The second-order valence-electron chi connectivity index (χ2n) is 8.82. The highest BCUT2D eigenvalue weighted by Crippen LogP contribution is 2.52. The van der Waals surface area contributed by atoms with Gasteiger partial charge in [0.25, 0.3) is 5.91 Å². The summed E-state index contributed by atoms with van der Waals surface area (Å²) in [4.78, 5) is 18.3. The van der Waals surface area contributed by atoms with E-state index in [2.05, 4.69) is 65.6 Å². The van der Waals surface area contributed by atoms with Crippen molar-refractivity contribution in [2.24, 2.45) is 0 Å². The molecule has 32 heavy (non-hydrogen) atoms. The van der Waals surface area contributed by atoms with Crippen LogP contribution in [0.4, 0.5) is 11.4 Å². The number of hydrogen-bond donors (Lipinski definition) is 0. The van der Waals surface area contributed by atoms with Crippen molar-refractivity contribution >= 4 is 22.9 Å². The van der Waals surface area contributed by atoms with Crippen molar-refractivity contribution in [3.63, 3.8) is 0 Å². The zero-order valence-electron chi connectivity index (χ0n) is 18.2. The fourth-order valence-corrected chi connectivity index (χ4v) is 5.79. The summed E-state index contributed by atoms with van der Waals surface area (Å²) in [7, 11) is 1.78. The Morgan fingerprint density at radius 2 is 1.66 bits per heavy atom. The summed E-state index contributed by atoms with van der Waals surface area (Å²) >= 11 is 0. The number of anilines is 2. The molecule has 1 amide bonds. The molecule has 6 rings (SSSR count). The first-order chi connectivity index (χ1) is 15.7. The lowest BCUT2D eigenvalue weighted by Gasteiger charge is -2.40. The minimum atomic E-state index is -0.679. The maximum atomic E-state index is 13.9. The number of hydrogen-bond acceptors (Lipinski definition) is 3. The summed E-state index contributed by atoms with van der Waals surface area (Å²) in [5.41, 5.74) is 5.48. The molecule has 0 N–H and O–H groups in total. The Kier molecular flexibility index (Phi) is 4.44. The van der Waals surface area contributed by atoms with Crippen molar-refractivity contribution in [1.29, 1.82) is 0 Å². The van der Waals surface area contributed by atoms with Gasteiger partial charge in [0.2, 0.25) is 0 Å². The van der Waals surface area contributed by atoms with Gasteiger partial charge in [-0.2, -0.15) is 0 Å². The molecular weight excluding hydrogens is 396 g/mol. The molecule has 0 saturated carbocycles. The number of methoxy groups -OCH3 is 1. The number of benzene rings is 3. The molecule has 0 spiro atoms.